The Hall–Kier alpha value is -8.26. The minimum atomic E-state index is -0.123. The molecule has 0 radical (unpaired) electrons. The number of hydrogen-bond acceptors (Lipinski definition) is 1. The molecule has 1 heteroatoms. The molecule has 0 aromatic heterocycles. The summed E-state index contributed by atoms with van der Waals surface area (Å²) in [6, 6.07) is 80.4. The van der Waals surface area contributed by atoms with Crippen LogP contribution >= 0.6 is 0 Å². The van der Waals surface area contributed by atoms with E-state index in [9.17, 15) is 5.48 Å². The standard InChI is InChI=1S/C62H43N/c1-3-14-44(15-4-1)52-34-41-61(46-16-5-2-6-17-46)62(43-52)50-32-39-56(40-33-50)63(55-37-30-49(31-38-55)59-26-12-20-47-18-7-9-24-57(47)59)54-35-28-45(29-36-54)51-22-11-23-53(42-51)60-27-13-21-48-19-8-10-25-58(48)60/h1-43H/i30D,31D,37D,38D. The van der Waals surface area contributed by atoms with Crippen molar-refractivity contribution in [1.29, 1.82) is 0 Å². The molecule has 0 aliphatic carbocycles. The van der Waals surface area contributed by atoms with Gasteiger partial charge in [-0.15, -0.1) is 0 Å². The Labute approximate surface area is 375 Å². The molecule has 0 N–H and O–H groups in total. The van der Waals surface area contributed by atoms with Gasteiger partial charge < -0.3 is 4.90 Å². The highest BCUT2D eigenvalue weighted by Crippen LogP contribution is 2.41. The first-order valence-electron chi connectivity index (χ1n) is 23.3. The van der Waals surface area contributed by atoms with Crippen LogP contribution in [0.5, 0.6) is 0 Å². The predicted molar refractivity (Wildman–Crippen MR) is 269 cm³/mol. The van der Waals surface area contributed by atoms with E-state index in [1.807, 2.05) is 83.8 Å². The molecule has 11 aromatic carbocycles. The van der Waals surface area contributed by atoms with Crippen molar-refractivity contribution in [1.82, 2.24) is 0 Å². The van der Waals surface area contributed by atoms with Crippen molar-refractivity contribution < 1.29 is 5.48 Å². The maximum Gasteiger partial charge on any atom is 0.0645 e. The molecule has 0 saturated heterocycles. The number of rotatable bonds is 9. The summed E-state index contributed by atoms with van der Waals surface area (Å²) < 4.78 is 38.4. The van der Waals surface area contributed by atoms with Gasteiger partial charge in [-0.3, -0.25) is 0 Å². The highest BCUT2D eigenvalue weighted by Gasteiger charge is 2.16. The van der Waals surface area contributed by atoms with Gasteiger partial charge in [0, 0.05) is 17.1 Å². The third-order valence-corrected chi connectivity index (χ3v) is 12.0. The van der Waals surface area contributed by atoms with Gasteiger partial charge in [0.2, 0.25) is 0 Å². The predicted octanol–water partition coefficient (Wildman–Crippen LogP) is 17.5. The zero-order valence-corrected chi connectivity index (χ0v) is 34.5. The SMILES string of the molecule is [2H]c1c([2H])c(N(c2ccc(-c3cccc(-c4cccc5ccccc45)c3)cc2)c2ccc(-c3cc(-c4ccccc4)ccc3-c3ccccc3)cc2)c([2H])c([2H])c1-c1cccc2ccccc12. The largest absolute Gasteiger partial charge is 0.311 e. The van der Waals surface area contributed by atoms with Crippen molar-refractivity contribution in [2.45, 2.75) is 0 Å². The van der Waals surface area contributed by atoms with Crippen LogP contribution in [0.25, 0.3) is 88.3 Å². The average Bonchev–Trinajstić information content (AvgIpc) is 3.40. The van der Waals surface area contributed by atoms with Gasteiger partial charge in [-0.1, -0.05) is 212 Å². The Bertz CT molecular complexity index is 3570. The normalized spacial score (nSPS) is 12.1. The zero-order valence-electron chi connectivity index (χ0n) is 38.5. The molecular weight excluding hydrogens is 759 g/mol. The lowest BCUT2D eigenvalue weighted by molar-refractivity contribution is 1.28. The number of fused-ring (bicyclic) bond motifs is 2. The summed E-state index contributed by atoms with van der Waals surface area (Å²) in [6.07, 6.45) is 0. The van der Waals surface area contributed by atoms with Crippen molar-refractivity contribution >= 4 is 38.6 Å². The fourth-order valence-corrected chi connectivity index (χ4v) is 8.80. The van der Waals surface area contributed by atoms with Crippen molar-refractivity contribution in [3.8, 4) is 66.8 Å². The summed E-state index contributed by atoms with van der Waals surface area (Å²) in [4.78, 5) is 1.87. The highest BCUT2D eigenvalue weighted by atomic mass is 15.1. The lowest BCUT2D eigenvalue weighted by Crippen LogP contribution is -2.09. The van der Waals surface area contributed by atoms with E-state index in [1.165, 1.54) is 16.3 Å². The molecule has 0 bridgehead atoms. The summed E-state index contributed by atoms with van der Waals surface area (Å²) >= 11 is 0. The minimum Gasteiger partial charge on any atom is -0.311 e. The van der Waals surface area contributed by atoms with Gasteiger partial charge in [-0.2, -0.15) is 0 Å². The van der Waals surface area contributed by atoms with Gasteiger partial charge in [0.25, 0.3) is 0 Å². The first-order valence-corrected chi connectivity index (χ1v) is 21.3. The number of nitrogens with zero attached hydrogens (tertiary/aromatic N) is 1. The van der Waals surface area contributed by atoms with Crippen LogP contribution in [-0.4, -0.2) is 0 Å². The zero-order chi connectivity index (χ0) is 45.4. The van der Waals surface area contributed by atoms with Crippen molar-refractivity contribution in [2.24, 2.45) is 0 Å². The van der Waals surface area contributed by atoms with Crippen LogP contribution in [0.15, 0.2) is 261 Å². The van der Waals surface area contributed by atoms with Crippen molar-refractivity contribution in [2.75, 3.05) is 4.90 Å². The topological polar surface area (TPSA) is 3.24 Å². The summed E-state index contributed by atoms with van der Waals surface area (Å²) in [5, 5.41) is 4.23. The smallest absolute Gasteiger partial charge is 0.0645 e. The van der Waals surface area contributed by atoms with E-state index in [1.54, 1.807) is 0 Å². The Kier molecular flexibility index (Phi) is 8.84. The van der Waals surface area contributed by atoms with E-state index >= 15 is 0 Å². The monoisotopic (exact) mass is 805 g/mol. The lowest BCUT2D eigenvalue weighted by Gasteiger charge is -2.26. The molecular formula is C62H43N. The fourth-order valence-electron chi connectivity index (χ4n) is 8.80. The van der Waals surface area contributed by atoms with Crippen LogP contribution in [0, 0.1) is 0 Å². The van der Waals surface area contributed by atoms with Crippen LogP contribution in [0.3, 0.4) is 0 Å². The Balaban J connectivity index is 1.05. The highest BCUT2D eigenvalue weighted by molar-refractivity contribution is 5.98. The molecule has 0 aliphatic rings. The quantitative estimate of drug-likeness (QED) is 0.140. The van der Waals surface area contributed by atoms with E-state index < -0.39 is 0 Å². The van der Waals surface area contributed by atoms with Crippen LogP contribution < -0.4 is 4.90 Å². The third kappa shape index (κ3) is 7.47. The molecule has 0 saturated carbocycles. The Morgan fingerprint density at radius 2 is 0.667 bits per heavy atom. The van der Waals surface area contributed by atoms with Crippen molar-refractivity contribution in [3.05, 3.63) is 261 Å². The van der Waals surface area contributed by atoms with Gasteiger partial charge in [-0.05, 0) is 137 Å². The second-order valence-electron chi connectivity index (χ2n) is 15.8. The number of benzene rings is 11. The fraction of sp³-hybridized carbons (Fsp3) is 0. The van der Waals surface area contributed by atoms with Crippen LogP contribution in [0.2, 0.25) is 0 Å². The Morgan fingerprint density at radius 1 is 0.238 bits per heavy atom. The molecule has 11 rings (SSSR count). The molecule has 63 heavy (non-hydrogen) atoms. The van der Waals surface area contributed by atoms with Crippen molar-refractivity contribution in [3.63, 3.8) is 0 Å². The number of hydrogen-bond donors (Lipinski definition) is 0. The van der Waals surface area contributed by atoms with Gasteiger partial charge in [0.15, 0.2) is 0 Å². The first-order chi connectivity index (χ1) is 32.9. The summed E-state index contributed by atoms with van der Waals surface area (Å²) in [5.41, 5.74) is 13.4. The molecule has 1 nitrogen and oxygen atoms in total. The van der Waals surface area contributed by atoms with Gasteiger partial charge >= 0.3 is 0 Å². The van der Waals surface area contributed by atoms with Gasteiger partial charge in [-0.25, -0.2) is 0 Å². The second kappa shape index (κ2) is 16.7. The third-order valence-electron chi connectivity index (χ3n) is 12.0. The van der Waals surface area contributed by atoms with Crippen LogP contribution in [0.4, 0.5) is 17.1 Å². The number of anilines is 3. The molecule has 0 fully saturated rings. The van der Waals surface area contributed by atoms with Gasteiger partial charge in [0.05, 0.1) is 5.48 Å². The van der Waals surface area contributed by atoms with E-state index in [2.05, 4.69) is 158 Å². The van der Waals surface area contributed by atoms with Crippen LogP contribution in [0.1, 0.15) is 5.48 Å². The molecule has 0 unspecified atom stereocenters. The molecule has 0 spiro atoms. The average molecular weight is 806 g/mol. The summed E-state index contributed by atoms with van der Waals surface area (Å²) in [5.74, 6) is 0. The maximum atomic E-state index is 9.67. The van der Waals surface area contributed by atoms with E-state index in [0.717, 1.165) is 60.8 Å². The molecule has 0 atom stereocenters. The lowest BCUT2D eigenvalue weighted by atomic mass is 9.91. The molecule has 11 aromatic rings. The molecule has 0 aliphatic heterocycles. The molecule has 0 amide bonds. The van der Waals surface area contributed by atoms with E-state index in [4.69, 9.17) is 0 Å². The maximum absolute atomic E-state index is 9.67. The summed E-state index contributed by atoms with van der Waals surface area (Å²) in [7, 11) is 0. The molecule has 296 valence electrons. The second-order valence-corrected chi connectivity index (χ2v) is 15.8. The Morgan fingerprint density at radius 3 is 1.30 bits per heavy atom. The van der Waals surface area contributed by atoms with Gasteiger partial charge in [0.1, 0.15) is 0 Å². The molecule has 0 heterocycles. The van der Waals surface area contributed by atoms with Crippen LogP contribution in [-0.2, 0) is 0 Å². The summed E-state index contributed by atoms with van der Waals surface area (Å²) in [6.45, 7) is 0. The van der Waals surface area contributed by atoms with E-state index in [0.29, 0.717) is 16.9 Å². The first kappa shape index (κ1) is 33.5. The minimum absolute atomic E-state index is 0.0962. The van der Waals surface area contributed by atoms with E-state index in [-0.39, 0.29) is 35.4 Å².